The van der Waals surface area contributed by atoms with Crippen LogP contribution in [0.1, 0.15) is 5.69 Å². The fourth-order valence-corrected chi connectivity index (χ4v) is 2.11. The maximum Gasteiger partial charge on any atom is 0.130 e. The van der Waals surface area contributed by atoms with Gasteiger partial charge < -0.3 is 5.11 Å². The van der Waals surface area contributed by atoms with Gasteiger partial charge in [0.05, 0.1) is 17.6 Å². The molecule has 0 aliphatic rings. The van der Waals surface area contributed by atoms with E-state index in [0.717, 1.165) is 10.6 Å². The van der Waals surface area contributed by atoms with Crippen LogP contribution in [0.15, 0.2) is 17.5 Å². The molecule has 0 aromatic carbocycles. The third kappa shape index (κ3) is 1.75. The molecule has 0 unspecified atom stereocenters. The third-order valence-corrected chi connectivity index (χ3v) is 2.81. The van der Waals surface area contributed by atoms with Gasteiger partial charge in [-0.1, -0.05) is 11.3 Å². The first kappa shape index (κ1) is 9.83. The summed E-state index contributed by atoms with van der Waals surface area (Å²) >= 11 is 1.53. The van der Waals surface area contributed by atoms with Gasteiger partial charge in [-0.05, 0) is 11.4 Å². The third-order valence-electron chi connectivity index (χ3n) is 1.93. The van der Waals surface area contributed by atoms with Gasteiger partial charge in [0.2, 0.25) is 0 Å². The van der Waals surface area contributed by atoms with Crippen LogP contribution in [-0.4, -0.2) is 20.1 Å². The standard InChI is InChI=1S/C9H8N4OS/c10-3-4-13-9(7(6-14)11-12-13)8-2-1-5-15-8/h1-2,5,14H,4,6H2. The van der Waals surface area contributed by atoms with E-state index in [4.69, 9.17) is 10.4 Å². The first-order chi connectivity index (χ1) is 7.36. The average Bonchev–Trinajstić information content (AvgIpc) is 2.85. The summed E-state index contributed by atoms with van der Waals surface area (Å²) in [6.45, 7) is -0.0289. The highest BCUT2D eigenvalue weighted by Gasteiger charge is 2.14. The van der Waals surface area contributed by atoms with E-state index in [9.17, 15) is 0 Å². The average molecular weight is 220 g/mol. The number of hydrogen-bond acceptors (Lipinski definition) is 5. The van der Waals surface area contributed by atoms with Crippen molar-refractivity contribution in [2.24, 2.45) is 0 Å². The van der Waals surface area contributed by atoms with Crippen LogP contribution in [0.25, 0.3) is 10.6 Å². The Labute approximate surface area is 90.2 Å². The van der Waals surface area contributed by atoms with Crippen molar-refractivity contribution in [3.63, 3.8) is 0 Å². The molecule has 0 amide bonds. The van der Waals surface area contributed by atoms with Crippen LogP contribution in [0.2, 0.25) is 0 Å². The Bertz CT molecular complexity index is 483. The molecule has 5 nitrogen and oxygen atoms in total. The monoisotopic (exact) mass is 220 g/mol. The first-order valence-corrected chi connectivity index (χ1v) is 5.19. The molecular formula is C9H8N4OS. The van der Waals surface area contributed by atoms with Crippen LogP contribution in [-0.2, 0) is 13.2 Å². The Morgan fingerprint density at radius 3 is 3.07 bits per heavy atom. The Hall–Kier alpha value is -1.71. The molecule has 0 aliphatic heterocycles. The zero-order valence-corrected chi connectivity index (χ0v) is 8.61. The van der Waals surface area contributed by atoms with Crippen LogP contribution < -0.4 is 0 Å². The van der Waals surface area contributed by atoms with Crippen molar-refractivity contribution in [2.75, 3.05) is 0 Å². The predicted molar refractivity (Wildman–Crippen MR) is 54.9 cm³/mol. The largest absolute Gasteiger partial charge is 0.390 e. The molecule has 76 valence electrons. The van der Waals surface area contributed by atoms with E-state index in [2.05, 4.69) is 10.3 Å². The summed E-state index contributed by atoms with van der Waals surface area (Å²) in [5.41, 5.74) is 1.24. The van der Waals surface area contributed by atoms with Crippen LogP contribution in [0.3, 0.4) is 0 Å². The van der Waals surface area contributed by atoms with Crippen molar-refractivity contribution in [1.82, 2.24) is 15.0 Å². The van der Waals surface area contributed by atoms with Crippen LogP contribution >= 0.6 is 11.3 Å². The van der Waals surface area contributed by atoms with Gasteiger partial charge in [-0.15, -0.1) is 16.4 Å². The smallest absolute Gasteiger partial charge is 0.130 e. The molecule has 0 fully saturated rings. The lowest BCUT2D eigenvalue weighted by atomic mass is 10.3. The summed E-state index contributed by atoms with van der Waals surface area (Å²) in [7, 11) is 0. The van der Waals surface area contributed by atoms with Crippen molar-refractivity contribution < 1.29 is 5.11 Å². The summed E-state index contributed by atoms with van der Waals surface area (Å²) in [6, 6.07) is 5.83. The number of hydrogen-bond donors (Lipinski definition) is 1. The van der Waals surface area contributed by atoms with Gasteiger partial charge >= 0.3 is 0 Å². The van der Waals surface area contributed by atoms with Crippen LogP contribution in [0.4, 0.5) is 0 Å². The molecule has 6 heteroatoms. The first-order valence-electron chi connectivity index (χ1n) is 4.31. The SMILES string of the molecule is N#CCn1nnc(CO)c1-c1cccs1. The van der Waals surface area contributed by atoms with Crippen LogP contribution in [0, 0.1) is 11.3 Å². The van der Waals surface area contributed by atoms with Gasteiger partial charge in [0.25, 0.3) is 0 Å². The second-order valence-electron chi connectivity index (χ2n) is 2.84. The number of aliphatic hydroxyl groups excluding tert-OH is 1. The summed E-state index contributed by atoms with van der Waals surface area (Å²) in [5, 5.41) is 27.3. The highest BCUT2D eigenvalue weighted by atomic mass is 32.1. The van der Waals surface area contributed by atoms with E-state index in [1.807, 2.05) is 23.6 Å². The lowest BCUT2D eigenvalue weighted by Crippen LogP contribution is -2.00. The van der Waals surface area contributed by atoms with Gasteiger partial charge in [-0.25, -0.2) is 4.68 Å². The minimum atomic E-state index is -0.168. The lowest BCUT2D eigenvalue weighted by Gasteiger charge is -2.00. The number of nitriles is 1. The fraction of sp³-hybridized carbons (Fsp3) is 0.222. The van der Waals surface area contributed by atoms with Crippen molar-refractivity contribution in [3.8, 4) is 16.6 Å². The van der Waals surface area contributed by atoms with Crippen molar-refractivity contribution >= 4 is 11.3 Å². The minimum absolute atomic E-state index is 0.139. The molecule has 0 saturated carbocycles. The molecule has 2 heterocycles. The summed E-state index contributed by atoms with van der Waals surface area (Å²) in [5.74, 6) is 0. The Morgan fingerprint density at radius 1 is 1.60 bits per heavy atom. The van der Waals surface area contributed by atoms with Crippen molar-refractivity contribution in [3.05, 3.63) is 23.2 Å². The summed E-state index contributed by atoms with van der Waals surface area (Å²) in [4.78, 5) is 0.958. The molecule has 2 aromatic heterocycles. The van der Waals surface area contributed by atoms with Crippen LogP contribution in [0.5, 0.6) is 0 Å². The van der Waals surface area contributed by atoms with Gasteiger partial charge in [0, 0.05) is 0 Å². The maximum absolute atomic E-state index is 9.10. The Balaban J connectivity index is 2.52. The predicted octanol–water partition coefficient (Wildman–Crippen LogP) is 1.02. The molecule has 0 atom stereocenters. The number of thiophene rings is 1. The second-order valence-corrected chi connectivity index (χ2v) is 3.78. The molecule has 0 saturated heterocycles. The molecule has 0 bridgehead atoms. The van der Waals surface area contributed by atoms with Gasteiger partial charge in [0.1, 0.15) is 17.9 Å². The highest BCUT2D eigenvalue weighted by molar-refractivity contribution is 7.13. The Morgan fingerprint density at radius 2 is 2.47 bits per heavy atom. The van der Waals surface area contributed by atoms with E-state index in [1.54, 1.807) is 0 Å². The van der Waals surface area contributed by atoms with Gasteiger partial charge in [-0.3, -0.25) is 0 Å². The van der Waals surface area contributed by atoms with Crippen molar-refractivity contribution in [1.29, 1.82) is 5.26 Å². The van der Waals surface area contributed by atoms with E-state index in [0.29, 0.717) is 5.69 Å². The van der Waals surface area contributed by atoms with Gasteiger partial charge in [-0.2, -0.15) is 5.26 Å². The van der Waals surface area contributed by atoms with E-state index < -0.39 is 0 Å². The lowest BCUT2D eigenvalue weighted by molar-refractivity contribution is 0.277. The molecule has 1 N–H and O–H groups in total. The van der Waals surface area contributed by atoms with Gasteiger partial charge in [0.15, 0.2) is 0 Å². The van der Waals surface area contributed by atoms with E-state index in [-0.39, 0.29) is 13.2 Å². The molecule has 0 aliphatic carbocycles. The molecule has 0 spiro atoms. The Kier molecular flexibility index (Phi) is 2.76. The van der Waals surface area contributed by atoms with E-state index >= 15 is 0 Å². The molecular weight excluding hydrogens is 212 g/mol. The normalized spacial score (nSPS) is 10.1. The quantitative estimate of drug-likeness (QED) is 0.838. The number of rotatable bonds is 3. The summed E-state index contributed by atoms with van der Waals surface area (Å²) in [6.07, 6.45) is 0. The zero-order valence-electron chi connectivity index (χ0n) is 7.79. The number of aliphatic hydroxyl groups is 1. The zero-order chi connectivity index (χ0) is 10.7. The molecule has 0 radical (unpaired) electrons. The van der Waals surface area contributed by atoms with Crippen molar-refractivity contribution in [2.45, 2.75) is 13.2 Å². The second kappa shape index (κ2) is 4.21. The minimum Gasteiger partial charge on any atom is -0.390 e. The fourth-order valence-electron chi connectivity index (χ4n) is 1.32. The van der Waals surface area contributed by atoms with E-state index in [1.165, 1.54) is 16.0 Å². The number of aromatic nitrogens is 3. The molecule has 15 heavy (non-hydrogen) atoms. The number of nitrogens with zero attached hydrogens (tertiary/aromatic N) is 4. The topological polar surface area (TPSA) is 74.7 Å². The maximum atomic E-state index is 9.10. The molecule has 2 rings (SSSR count). The summed E-state index contributed by atoms with van der Waals surface area (Å²) < 4.78 is 1.50. The molecule has 2 aromatic rings. The highest BCUT2D eigenvalue weighted by Crippen LogP contribution is 2.26.